The molecule has 1 heterocycles. The van der Waals surface area contributed by atoms with Gasteiger partial charge in [-0.05, 0) is 28.3 Å². The van der Waals surface area contributed by atoms with Crippen molar-refractivity contribution in [3.05, 3.63) is 16.6 Å². The zero-order chi connectivity index (χ0) is 13.8. The second-order valence-corrected chi connectivity index (χ2v) is 5.81. The van der Waals surface area contributed by atoms with Crippen LogP contribution in [0.4, 0.5) is 5.69 Å². The van der Waals surface area contributed by atoms with Gasteiger partial charge in [-0.15, -0.1) is 0 Å². The molecule has 0 bridgehead atoms. The first-order valence-electron chi connectivity index (χ1n) is 6.45. The second-order valence-electron chi connectivity index (χ2n) is 4.96. The quantitative estimate of drug-likeness (QED) is 0.919. The van der Waals surface area contributed by atoms with E-state index in [1.807, 2.05) is 6.07 Å². The van der Waals surface area contributed by atoms with E-state index >= 15 is 0 Å². The van der Waals surface area contributed by atoms with Crippen LogP contribution in [0.1, 0.15) is 26.7 Å². The summed E-state index contributed by atoms with van der Waals surface area (Å²) in [6.45, 7) is 5.30. The van der Waals surface area contributed by atoms with Gasteiger partial charge in [-0.2, -0.15) is 0 Å². The number of carbonyl (C=O) groups is 1. The number of halogens is 1. The highest BCUT2D eigenvalue weighted by molar-refractivity contribution is 9.10. The molecule has 1 aromatic rings. The van der Waals surface area contributed by atoms with Crippen LogP contribution in [-0.2, 0) is 4.79 Å². The maximum atomic E-state index is 11.8. The Kier molecular flexibility index (Phi) is 4.69. The lowest BCUT2D eigenvalue weighted by atomic mass is 10.1. The van der Waals surface area contributed by atoms with Crippen LogP contribution in [0, 0.1) is 5.92 Å². The molecular weight excluding hydrogens is 310 g/mol. The van der Waals surface area contributed by atoms with Gasteiger partial charge in [0.25, 0.3) is 0 Å². The van der Waals surface area contributed by atoms with Gasteiger partial charge >= 0.3 is 0 Å². The first-order chi connectivity index (χ1) is 9.06. The number of hydrogen-bond donors (Lipinski definition) is 1. The fourth-order valence-electron chi connectivity index (χ4n) is 1.79. The Morgan fingerprint density at radius 2 is 1.95 bits per heavy atom. The minimum Gasteiger partial charge on any atom is -0.486 e. The molecule has 0 aromatic heterocycles. The Bertz CT molecular complexity index is 474. The molecule has 2 rings (SSSR count). The largest absolute Gasteiger partial charge is 0.486 e. The number of fused-ring (bicyclic) bond motifs is 1. The van der Waals surface area contributed by atoms with Crippen LogP contribution in [0.2, 0.25) is 0 Å². The van der Waals surface area contributed by atoms with Gasteiger partial charge in [0.15, 0.2) is 11.5 Å². The summed E-state index contributed by atoms with van der Waals surface area (Å²) in [4.78, 5) is 11.8. The molecule has 1 aromatic carbocycles. The monoisotopic (exact) mass is 327 g/mol. The van der Waals surface area contributed by atoms with Gasteiger partial charge in [0.2, 0.25) is 5.91 Å². The second kappa shape index (κ2) is 6.28. The molecule has 0 radical (unpaired) electrons. The summed E-state index contributed by atoms with van der Waals surface area (Å²) in [5.74, 6) is 1.92. The van der Waals surface area contributed by atoms with Crippen LogP contribution in [-0.4, -0.2) is 19.1 Å². The van der Waals surface area contributed by atoms with Crippen molar-refractivity contribution >= 4 is 27.5 Å². The third kappa shape index (κ3) is 3.86. The van der Waals surface area contributed by atoms with Crippen molar-refractivity contribution in [2.45, 2.75) is 26.7 Å². The SMILES string of the molecule is CC(C)CCC(=O)Nc1cc2c(cc1Br)OCCO2. The third-order valence-electron chi connectivity index (χ3n) is 2.85. The zero-order valence-electron chi connectivity index (χ0n) is 11.2. The average molecular weight is 328 g/mol. The molecule has 1 aliphatic heterocycles. The van der Waals surface area contributed by atoms with Crippen LogP contribution in [0.15, 0.2) is 16.6 Å². The normalized spacial score (nSPS) is 13.5. The van der Waals surface area contributed by atoms with E-state index in [-0.39, 0.29) is 5.91 Å². The summed E-state index contributed by atoms with van der Waals surface area (Å²) in [7, 11) is 0. The number of ether oxygens (including phenoxy) is 2. The minimum atomic E-state index is 0.0195. The molecule has 0 spiro atoms. The summed E-state index contributed by atoms with van der Waals surface area (Å²) in [5.41, 5.74) is 0.720. The van der Waals surface area contributed by atoms with E-state index in [0.717, 1.165) is 16.6 Å². The summed E-state index contributed by atoms with van der Waals surface area (Å²) < 4.78 is 11.8. The molecule has 0 saturated carbocycles. The Morgan fingerprint density at radius 3 is 2.58 bits per heavy atom. The van der Waals surface area contributed by atoms with E-state index in [9.17, 15) is 4.79 Å². The fourth-order valence-corrected chi connectivity index (χ4v) is 2.21. The molecule has 0 saturated heterocycles. The number of amides is 1. The molecule has 0 fully saturated rings. The molecule has 5 heteroatoms. The van der Waals surface area contributed by atoms with Crippen molar-refractivity contribution in [2.75, 3.05) is 18.5 Å². The van der Waals surface area contributed by atoms with E-state index in [4.69, 9.17) is 9.47 Å². The first kappa shape index (κ1) is 14.2. The molecule has 0 aliphatic carbocycles. The number of rotatable bonds is 4. The molecule has 0 unspecified atom stereocenters. The lowest BCUT2D eigenvalue weighted by Gasteiger charge is -2.20. The van der Waals surface area contributed by atoms with E-state index in [2.05, 4.69) is 35.1 Å². The van der Waals surface area contributed by atoms with Gasteiger partial charge < -0.3 is 14.8 Å². The smallest absolute Gasteiger partial charge is 0.224 e. The number of anilines is 1. The minimum absolute atomic E-state index is 0.0195. The van der Waals surface area contributed by atoms with Crippen molar-refractivity contribution in [1.82, 2.24) is 0 Å². The summed E-state index contributed by atoms with van der Waals surface area (Å²) in [6.07, 6.45) is 1.41. The highest BCUT2D eigenvalue weighted by Gasteiger charge is 2.16. The predicted octanol–water partition coefficient (Wildman–Crippen LogP) is 3.60. The van der Waals surface area contributed by atoms with E-state index < -0.39 is 0 Å². The standard InChI is InChI=1S/C14H18BrNO3/c1-9(2)3-4-14(17)16-11-8-13-12(7-10(11)15)18-5-6-19-13/h7-9H,3-6H2,1-2H3,(H,16,17). The Morgan fingerprint density at radius 1 is 1.32 bits per heavy atom. The number of nitrogens with one attached hydrogen (secondary N) is 1. The topological polar surface area (TPSA) is 47.6 Å². The maximum Gasteiger partial charge on any atom is 0.224 e. The van der Waals surface area contributed by atoms with Crippen LogP contribution in [0.3, 0.4) is 0 Å². The molecule has 104 valence electrons. The number of carbonyl (C=O) groups excluding carboxylic acids is 1. The molecule has 4 nitrogen and oxygen atoms in total. The maximum absolute atomic E-state index is 11.8. The van der Waals surface area contributed by atoms with Crippen LogP contribution < -0.4 is 14.8 Å². The lowest BCUT2D eigenvalue weighted by Crippen LogP contribution is -2.17. The molecule has 1 amide bonds. The average Bonchev–Trinajstić information content (AvgIpc) is 2.37. The molecule has 19 heavy (non-hydrogen) atoms. The van der Waals surface area contributed by atoms with Gasteiger partial charge in [0, 0.05) is 23.0 Å². The molecular formula is C14H18BrNO3. The van der Waals surface area contributed by atoms with E-state index in [1.165, 1.54) is 0 Å². The van der Waals surface area contributed by atoms with Crippen LogP contribution >= 0.6 is 15.9 Å². The summed E-state index contributed by atoms with van der Waals surface area (Å²) >= 11 is 3.43. The van der Waals surface area contributed by atoms with E-state index in [0.29, 0.717) is 37.1 Å². The van der Waals surface area contributed by atoms with Crippen LogP contribution in [0.5, 0.6) is 11.5 Å². The van der Waals surface area contributed by atoms with Crippen molar-refractivity contribution in [1.29, 1.82) is 0 Å². The van der Waals surface area contributed by atoms with Crippen molar-refractivity contribution in [2.24, 2.45) is 5.92 Å². The number of hydrogen-bond acceptors (Lipinski definition) is 3. The van der Waals surface area contributed by atoms with Gasteiger partial charge in [0.1, 0.15) is 13.2 Å². The van der Waals surface area contributed by atoms with Gasteiger partial charge in [-0.25, -0.2) is 0 Å². The first-order valence-corrected chi connectivity index (χ1v) is 7.24. The van der Waals surface area contributed by atoms with Crippen molar-refractivity contribution in [3.63, 3.8) is 0 Å². The highest BCUT2D eigenvalue weighted by Crippen LogP contribution is 2.38. The van der Waals surface area contributed by atoms with Gasteiger partial charge in [-0.3, -0.25) is 4.79 Å². The molecule has 1 aliphatic rings. The number of benzene rings is 1. The third-order valence-corrected chi connectivity index (χ3v) is 3.51. The Hall–Kier alpha value is -1.23. The summed E-state index contributed by atoms with van der Waals surface area (Å²) in [6, 6.07) is 3.62. The lowest BCUT2D eigenvalue weighted by molar-refractivity contribution is -0.116. The van der Waals surface area contributed by atoms with Gasteiger partial charge in [-0.1, -0.05) is 13.8 Å². The van der Waals surface area contributed by atoms with Gasteiger partial charge in [0.05, 0.1) is 5.69 Å². The highest BCUT2D eigenvalue weighted by atomic mass is 79.9. The van der Waals surface area contributed by atoms with Crippen molar-refractivity contribution < 1.29 is 14.3 Å². The Labute approximate surface area is 121 Å². The van der Waals surface area contributed by atoms with Crippen molar-refractivity contribution in [3.8, 4) is 11.5 Å². The molecule has 1 N–H and O–H groups in total. The summed E-state index contributed by atoms with van der Waals surface area (Å²) in [5, 5.41) is 2.89. The predicted molar refractivity (Wildman–Crippen MR) is 77.8 cm³/mol. The Balaban J connectivity index is 2.05. The van der Waals surface area contributed by atoms with Crippen LogP contribution in [0.25, 0.3) is 0 Å². The van der Waals surface area contributed by atoms with E-state index in [1.54, 1.807) is 6.07 Å². The molecule has 0 atom stereocenters. The fraction of sp³-hybridized carbons (Fsp3) is 0.500. The zero-order valence-corrected chi connectivity index (χ0v) is 12.7.